The fourth-order valence-electron chi connectivity index (χ4n) is 1.73. The van der Waals surface area contributed by atoms with Gasteiger partial charge in [-0.2, -0.15) is 0 Å². The molecule has 0 aliphatic heterocycles. The van der Waals surface area contributed by atoms with Crippen LogP contribution in [0.15, 0.2) is 0 Å². The number of carbonyl (C=O) groups excluding carboxylic acids is 2. The number of hydrogen-bond acceptors (Lipinski definition) is 3. The third kappa shape index (κ3) is 2.72. The van der Waals surface area contributed by atoms with Crippen LogP contribution in [0.3, 0.4) is 0 Å². The van der Waals surface area contributed by atoms with Crippen LogP contribution in [0.1, 0.15) is 33.6 Å². The summed E-state index contributed by atoms with van der Waals surface area (Å²) in [4.78, 5) is 23.1. The molecule has 2 atom stereocenters. The summed E-state index contributed by atoms with van der Waals surface area (Å²) < 4.78 is 0. The molecular weight excluding hydrogens is 206 g/mol. The summed E-state index contributed by atoms with van der Waals surface area (Å²) in [6.45, 7) is 5.37. The van der Waals surface area contributed by atoms with Crippen molar-refractivity contribution in [1.82, 2.24) is 5.32 Å². The van der Waals surface area contributed by atoms with Crippen LogP contribution in [0, 0.1) is 11.8 Å². The van der Waals surface area contributed by atoms with Crippen molar-refractivity contribution in [3.05, 3.63) is 0 Å². The Morgan fingerprint density at radius 3 is 2.19 bits per heavy atom. The molecular formula is C11H21N3O2. The van der Waals surface area contributed by atoms with E-state index in [0.29, 0.717) is 0 Å². The van der Waals surface area contributed by atoms with Crippen molar-refractivity contribution in [2.24, 2.45) is 23.3 Å². The van der Waals surface area contributed by atoms with Crippen molar-refractivity contribution < 1.29 is 9.59 Å². The monoisotopic (exact) mass is 227 g/mol. The molecule has 1 aliphatic rings. The van der Waals surface area contributed by atoms with Gasteiger partial charge >= 0.3 is 0 Å². The lowest BCUT2D eigenvalue weighted by Crippen LogP contribution is -2.59. The van der Waals surface area contributed by atoms with E-state index in [1.807, 2.05) is 13.8 Å². The summed E-state index contributed by atoms with van der Waals surface area (Å²) in [5.41, 5.74) is 10.3. The minimum absolute atomic E-state index is 0.0311. The predicted molar refractivity (Wildman–Crippen MR) is 61.3 cm³/mol. The maximum atomic E-state index is 11.9. The lowest BCUT2D eigenvalue weighted by molar-refractivity contribution is -0.131. The van der Waals surface area contributed by atoms with Gasteiger partial charge in [0.15, 0.2) is 0 Å². The molecule has 0 aromatic carbocycles. The molecule has 0 spiro atoms. The summed E-state index contributed by atoms with van der Waals surface area (Å²) in [6.07, 6.45) is 1.95. The Labute approximate surface area is 95.9 Å². The van der Waals surface area contributed by atoms with Crippen LogP contribution in [0.25, 0.3) is 0 Å². The second-order valence-electron chi connectivity index (χ2n) is 5.15. The number of nitrogens with one attached hydrogen (secondary N) is 1. The average Bonchev–Trinajstić information content (AvgIpc) is 2.95. The van der Waals surface area contributed by atoms with Crippen LogP contribution in [-0.2, 0) is 9.59 Å². The molecule has 1 saturated carbocycles. The van der Waals surface area contributed by atoms with E-state index in [1.54, 1.807) is 6.92 Å². The van der Waals surface area contributed by atoms with Gasteiger partial charge in [-0.3, -0.25) is 9.59 Å². The number of rotatable bonds is 5. The average molecular weight is 227 g/mol. The standard InChI is InChI=1S/C11H21N3O2/c1-6(2)8(9(12)15)14-10(16)11(3,13)7-4-5-7/h6-8H,4-5,13H2,1-3H3,(H2,12,15)(H,14,16). The lowest BCUT2D eigenvalue weighted by Gasteiger charge is -2.27. The van der Waals surface area contributed by atoms with E-state index < -0.39 is 17.5 Å². The topological polar surface area (TPSA) is 98.2 Å². The molecule has 0 aromatic rings. The molecule has 5 nitrogen and oxygen atoms in total. The normalized spacial score (nSPS) is 21.3. The second-order valence-corrected chi connectivity index (χ2v) is 5.15. The van der Waals surface area contributed by atoms with E-state index in [4.69, 9.17) is 11.5 Å². The van der Waals surface area contributed by atoms with Crippen molar-refractivity contribution in [1.29, 1.82) is 0 Å². The summed E-state index contributed by atoms with van der Waals surface area (Å²) in [6, 6.07) is -0.644. The minimum Gasteiger partial charge on any atom is -0.368 e. The van der Waals surface area contributed by atoms with Crippen molar-refractivity contribution in [2.75, 3.05) is 0 Å². The van der Waals surface area contributed by atoms with Crippen LogP contribution in [0.5, 0.6) is 0 Å². The Kier molecular flexibility index (Phi) is 3.57. The highest BCUT2D eigenvalue weighted by Crippen LogP contribution is 2.38. The van der Waals surface area contributed by atoms with Gasteiger partial charge in [-0.15, -0.1) is 0 Å². The van der Waals surface area contributed by atoms with E-state index in [-0.39, 0.29) is 17.7 Å². The molecule has 0 heterocycles. The molecule has 0 bridgehead atoms. The van der Waals surface area contributed by atoms with E-state index in [0.717, 1.165) is 12.8 Å². The van der Waals surface area contributed by atoms with Gasteiger partial charge < -0.3 is 16.8 Å². The summed E-state index contributed by atoms with van der Waals surface area (Å²) in [7, 11) is 0. The Hall–Kier alpha value is -1.10. The quantitative estimate of drug-likeness (QED) is 0.603. The fourth-order valence-corrected chi connectivity index (χ4v) is 1.73. The van der Waals surface area contributed by atoms with Crippen LogP contribution < -0.4 is 16.8 Å². The van der Waals surface area contributed by atoms with Gasteiger partial charge in [0, 0.05) is 0 Å². The predicted octanol–water partition coefficient (Wildman–Crippen LogP) is -0.260. The van der Waals surface area contributed by atoms with E-state index in [2.05, 4.69) is 5.32 Å². The van der Waals surface area contributed by atoms with Crippen LogP contribution in [-0.4, -0.2) is 23.4 Å². The van der Waals surface area contributed by atoms with Gasteiger partial charge in [-0.05, 0) is 31.6 Å². The molecule has 1 fully saturated rings. The molecule has 5 heteroatoms. The molecule has 1 rings (SSSR count). The fraction of sp³-hybridized carbons (Fsp3) is 0.818. The van der Waals surface area contributed by atoms with Gasteiger partial charge in [-0.1, -0.05) is 13.8 Å². The van der Waals surface area contributed by atoms with Gasteiger partial charge in [0.05, 0.1) is 5.54 Å². The van der Waals surface area contributed by atoms with E-state index >= 15 is 0 Å². The SMILES string of the molecule is CC(C)C(NC(=O)C(C)(N)C1CC1)C(N)=O. The third-order valence-corrected chi connectivity index (χ3v) is 3.17. The summed E-state index contributed by atoms with van der Waals surface area (Å²) in [5.74, 6) is -0.605. The molecule has 5 N–H and O–H groups in total. The van der Waals surface area contributed by atoms with Gasteiger partial charge in [0.1, 0.15) is 6.04 Å². The highest BCUT2D eigenvalue weighted by molar-refractivity contribution is 5.91. The maximum absolute atomic E-state index is 11.9. The first-order valence-corrected chi connectivity index (χ1v) is 5.66. The minimum atomic E-state index is -0.886. The zero-order valence-corrected chi connectivity index (χ0v) is 10.1. The van der Waals surface area contributed by atoms with E-state index in [9.17, 15) is 9.59 Å². The molecule has 2 amide bonds. The summed E-state index contributed by atoms with van der Waals surface area (Å²) in [5, 5.41) is 2.64. The van der Waals surface area contributed by atoms with Crippen LogP contribution >= 0.6 is 0 Å². The number of hydrogen-bond donors (Lipinski definition) is 3. The molecule has 2 unspecified atom stereocenters. The molecule has 0 saturated heterocycles. The number of amides is 2. The highest BCUT2D eigenvalue weighted by Gasteiger charge is 2.45. The molecule has 0 radical (unpaired) electrons. The van der Waals surface area contributed by atoms with Crippen molar-refractivity contribution >= 4 is 11.8 Å². The number of nitrogens with two attached hydrogens (primary N) is 2. The molecule has 1 aliphatic carbocycles. The molecule has 92 valence electrons. The number of primary amides is 1. The van der Waals surface area contributed by atoms with Crippen LogP contribution in [0.4, 0.5) is 0 Å². The van der Waals surface area contributed by atoms with Gasteiger partial charge in [0.25, 0.3) is 0 Å². The summed E-state index contributed by atoms with van der Waals surface area (Å²) >= 11 is 0. The Balaban J connectivity index is 2.64. The molecule has 0 aromatic heterocycles. The second kappa shape index (κ2) is 4.41. The Morgan fingerprint density at radius 2 is 1.88 bits per heavy atom. The Bertz CT molecular complexity index is 296. The lowest BCUT2D eigenvalue weighted by atomic mass is 9.94. The van der Waals surface area contributed by atoms with Crippen LogP contribution in [0.2, 0.25) is 0 Å². The highest BCUT2D eigenvalue weighted by atomic mass is 16.2. The third-order valence-electron chi connectivity index (χ3n) is 3.17. The Morgan fingerprint density at radius 1 is 1.38 bits per heavy atom. The van der Waals surface area contributed by atoms with Crippen molar-refractivity contribution in [3.63, 3.8) is 0 Å². The zero-order chi connectivity index (χ0) is 12.5. The smallest absolute Gasteiger partial charge is 0.240 e. The first kappa shape index (κ1) is 13.0. The zero-order valence-electron chi connectivity index (χ0n) is 10.1. The van der Waals surface area contributed by atoms with Crippen molar-refractivity contribution in [2.45, 2.75) is 45.2 Å². The number of carbonyl (C=O) groups is 2. The first-order valence-electron chi connectivity index (χ1n) is 5.66. The van der Waals surface area contributed by atoms with Gasteiger partial charge in [0.2, 0.25) is 11.8 Å². The largest absolute Gasteiger partial charge is 0.368 e. The van der Waals surface area contributed by atoms with E-state index in [1.165, 1.54) is 0 Å². The molecule has 16 heavy (non-hydrogen) atoms. The first-order chi connectivity index (χ1) is 7.26. The maximum Gasteiger partial charge on any atom is 0.240 e. The van der Waals surface area contributed by atoms with Gasteiger partial charge in [-0.25, -0.2) is 0 Å². The van der Waals surface area contributed by atoms with Crippen molar-refractivity contribution in [3.8, 4) is 0 Å².